The van der Waals surface area contributed by atoms with Crippen molar-refractivity contribution in [2.45, 2.75) is 17.7 Å². The topological polar surface area (TPSA) is 49.4 Å². The number of hydrogen-bond donors (Lipinski definition) is 1. The molecule has 1 N–H and O–H groups in total. The lowest BCUT2D eigenvalue weighted by molar-refractivity contribution is 0.192. The number of benzene rings is 1. The van der Waals surface area contributed by atoms with Gasteiger partial charge in [0.05, 0.1) is 10.6 Å². The average Bonchev–Trinajstić information content (AvgIpc) is 2.47. The number of piperidine rings is 1. The van der Waals surface area contributed by atoms with Crippen molar-refractivity contribution in [3.05, 3.63) is 28.7 Å². The lowest BCUT2D eigenvalue weighted by Gasteiger charge is -2.31. The third-order valence-corrected chi connectivity index (χ3v) is 6.29. The summed E-state index contributed by atoms with van der Waals surface area (Å²) in [5.41, 5.74) is 0. The number of halogens is 2. The maximum absolute atomic E-state index is 12.3. The van der Waals surface area contributed by atoms with Crippen LogP contribution < -0.4 is 5.32 Å². The molecule has 1 aromatic carbocycles. The quantitative estimate of drug-likeness (QED) is 0.781. The van der Waals surface area contributed by atoms with Crippen LogP contribution in [0.15, 0.2) is 33.6 Å². The molecule has 1 aromatic rings. The van der Waals surface area contributed by atoms with Gasteiger partial charge in [0.1, 0.15) is 0 Å². The zero-order valence-corrected chi connectivity index (χ0v) is 16.0. The lowest BCUT2D eigenvalue weighted by atomic mass is 9.97. The van der Waals surface area contributed by atoms with Gasteiger partial charge in [0.2, 0.25) is 0 Å². The van der Waals surface area contributed by atoms with E-state index in [1.165, 1.54) is 0 Å². The van der Waals surface area contributed by atoms with Gasteiger partial charge in [-0.25, -0.2) is 8.42 Å². The van der Waals surface area contributed by atoms with Gasteiger partial charge >= 0.3 is 0 Å². The third kappa shape index (κ3) is 5.81. The Hall–Kier alpha value is -0.140. The van der Waals surface area contributed by atoms with Crippen LogP contribution in [-0.4, -0.2) is 52.3 Å². The number of rotatable bonds is 6. The van der Waals surface area contributed by atoms with E-state index in [0.717, 1.165) is 42.9 Å². The minimum atomic E-state index is -3.18. The van der Waals surface area contributed by atoms with Gasteiger partial charge in [-0.3, -0.25) is 0 Å². The van der Waals surface area contributed by atoms with Gasteiger partial charge in [0.15, 0.2) is 9.84 Å². The molecular weight excluding hydrogens is 388 g/mol. The highest BCUT2D eigenvalue weighted by atomic mass is 79.9. The molecule has 22 heavy (non-hydrogen) atoms. The Morgan fingerprint density at radius 3 is 2.36 bits per heavy atom. The maximum atomic E-state index is 12.3. The zero-order chi connectivity index (χ0) is 15.3. The van der Waals surface area contributed by atoms with Crippen molar-refractivity contribution >= 4 is 38.2 Å². The summed E-state index contributed by atoms with van der Waals surface area (Å²) >= 11 is 3.32. The first-order chi connectivity index (χ1) is 10.0. The molecule has 0 amide bonds. The normalized spacial score (nSPS) is 17.2. The van der Waals surface area contributed by atoms with E-state index in [1.807, 2.05) is 7.05 Å². The van der Waals surface area contributed by atoms with E-state index < -0.39 is 9.84 Å². The number of nitrogens with zero attached hydrogens (tertiary/aromatic N) is 1. The van der Waals surface area contributed by atoms with Crippen molar-refractivity contribution in [1.29, 1.82) is 0 Å². The summed E-state index contributed by atoms with van der Waals surface area (Å²) in [5, 5.41) is 3.22. The van der Waals surface area contributed by atoms with Crippen molar-refractivity contribution in [2.75, 3.05) is 39.0 Å². The summed E-state index contributed by atoms with van der Waals surface area (Å²) in [5.74, 6) is 0.931. The van der Waals surface area contributed by atoms with E-state index in [4.69, 9.17) is 0 Å². The lowest BCUT2D eigenvalue weighted by Crippen LogP contribution is -2.39. The average molecular weight is 412 g/mol. The molecule has 0 aromatic heterocycles. The largest absolute Gasteiger partial charge is 0.319 e. The summed E-state index contributed by atoms with van der Waals surface area (Å²) in [6, 6.07) is 6.88. The van der Waals surface area contributed by atoms with E-state index in [2.05, 4.69) is 26.1 Å². The Morgan fingerprint density at radius 1 is 1.23 bits per heavy atom. The maximum Gasteiger partial charge on any atom is 0.179 e. The second-order valence-corrected chi connectivity index (χ2v) is 8.64. The molecule has 1 heterocycles. The highest BCUT2D eigenvalue weighted by Gasteiger charge is 2.21. The monoisotopic (exact) mass is 410 g/mol. The number of nitrogens with one attached hydrogen (secondary N) is 1. The molecule has 0 atom stereocenters. The highest BCUT2D eigenvalue weighted by Crippen LogP contribution is 2.18. The van der Waals surface area contributed by atoms with E-state index in [0.29, 0.717) is 11.4 Å². The van der Waals surface area contributed by atoms with Gasteiger partial charge < -0.3 is 10.2 Å². The van der Waals surface area contributed by atoms with Crippen molar-refractivity contribution in [3.8, 4) is 0 Å². The molecule has 126 valence electrons. The molecule has 0 saturated carbocycles. The fourth-order valence-electron chi connectivity index (χ4n) is 2.71. The van der Waals surface area contributed by atoms with Crippen molar-refractivity contribution in [1.82, 2.24) is 10.2 Å². The highest BCUT2D eigenvalue weighted by molar-refractivity contribution is 9.10. The second-order valence-electron chi connectivity index (χ2n) is 5.62. The van der Waals surface area contributed by atoms with Crippen molar-refractivity contribution < 1.29 is 8.42 Å². The molecule has 0 bridgehead atoms. The third-order valence-electron chi connectivity index (χ3n) is 4.05. The van der Waals surface area contributed by atoms with Gasteiger partial charge in [-0.2, -0.15) is 0 Å². The van der Waals surface area contributed by atoms with E-state index in [9.17, 15) is 8.42 Å². The number of sulfone groups is 1. The van der Waals surface area contributed by atoms with E-state index in [-0.39, 0.29) is 18.2 Å². The number of hydrogen-bond acceptors (Lipinski definition) is 4. The first-order valence-electron chi connectivity index (χ1n) is 7.36. The predicted octanol–water partition coefficient (Wildman–Crippen LogP) is 2.58. The molecule has 1 saturated heterocycles. The summed E-state index contributed by atoms with van der Waals surface area (Å²) < 4.78 is 25.5. The Bertz CT molecular complexity index is 543. The fraction of sp³-hybridized carbons (Fsp3) is 0.600. The van der Waals surface area contributed by atoms with Crippen LogP contribution in [0.5, 0.6) is 0 Å². The van der Waals surface area contributed by atoms with Crippen LogP contribution in [0.2, 0.25) is 0 Å². The Balaban J connectivity index is 0.00000242. The molecule has 7 heteroatoms. The smallest absolute Gasteiger partial charge is 0.179 e. The minimum absolute atomic E-state index is 0. The minimum Gasteiger partial charge on any atom is -0.319 e. The zero-order valence-electron chi connectivity index (χ0n) is 12.8. The van der Waals surface area contributed by atoms with Gasteiger partial charge in [0, 0.05) is 11.0 Å². The van der Waals surface area contributed by atoms with E-state index >= 15 is 0 Å². The molecule has 1 aliphatic heterocycles. The van der Waals surface area contributed by atoms with Crippen LogP contribution in [0.25, 0.3) is 0 Å². The van der Waals surface area contributed by atoms with Crippen LogP contribution in [0.4, 0.5) is 0 Å². The van der Waals surface area contributed by atoms with Gasteiger partial charge in [-0.15, -0.1) is 12.4 Å². The molecule has 0 aliphatic carbocycles. The second kappa shape index (κ2) is 9.23. The van der Waals surface area contributed by atoms with Crippen molar-refractivity contribution in [3.63, 3.8) is 0 Å². The summed E-state index contributed by atoms with van der Waals surface area (Å²) in [6.45, 7) is 3.69. The Labute approximate surface area is 148 Å². The molecule has 1 fully saturated rings. The Kier molecular flexibility index (Phi) is 8.35. The summed E-state index contributed by atoms with van der Waals surface area (Å²) in [4.78, 5) is 2.68. The predicted molar refractivity (Wildman–Crippen MR) is 96.5 cm³/mol. The SMILES string of the molecule is CNCC1CCN(CCS(=O)(=O)c2ccc(Br)cc2)CC1.Cl. The molecule has 0 spiro atoms. The summed E-state index contributed by atoms with van der Waals surface area (Å²) in [6.07, 6.45) is 2.30. The van der Waals surface area contributed by atoms with Gasteiger partial charge in [-0.1, -0.05) is 15.9 Å². The first kappa shape index (κ1) is 19.9. The van der Waals surface area contributed by atoms with Crippen LogP contribution in [0.1, 0.15) is 12.8 Å². The molecule has 4 nitrogen and oxygen atoms in total. The van der Waals surface area contributed by atoms with Crippen LogP contribution in [-0.2, 0) is 9.84 Å². The first-order valence-corrected chi connectivity index (χ1v) is 9.81. The van der Waals surface area contributed by atoms with E-state index in [1.54, 1.807) is 24.3 Å². The fourth-order valence-corrected chi connectivity index (χ4v) is 4.26. The molecule has 1 aliphatic rings. The van der Waals surface area contributed by atoms with Crippen LogP contribution in [0.3, 0.4) is 0 Å². The molecule has 2 rings (SSSR count). The van der Waals surface area contributed by atoms with Crippen molar-refractivity contribution in [2.24, 2.45) is 5.92 Å². The van der Waals surface area contributed by atoms with Crippen LogP contribution in [0, 0.1) is 5.92 Å². The van der Waals surface area contributed by atoms with Gasteiger partial charge in [-0.05, 0) is 69.7 Å². The molecular formula is C15H24BrClN2O2S. The Morgan fingerprint density at radius 2 is 1.82 bits per heavy atom. The molecule has 0 unspecified atom stereocenters. The summed E-state index contributed by atoms with van der Waals surface area (Å²) in [7, 11) is -1.19. The number of likely N-dealkylation sites (tertiary alicyclic amines) is 1. The van der Waals surface area contributed by atoms with Crippen LogP contribution >= 0.6 is 28.3 Å². The standard InChI is InChI=1S/C15H23BrN2O2S.ClH/c1-17-12-13-6-8-18(9-7-13)10-11-21(19,20)15-4-2-14(16)3-5-15;/h2-5,13,17H,6-12H2,1H3;1H. The molecule has 0 radical (unpaired) electrons. The van der Waals surface area contributed by atoms with Gasteiger partial charge in [0.25, 0.3) is 0 Å².